The smallest absolute Gasteiger partial charge is 0.264 e. The highest BCUT2D eigenvalue weighted by Gasteiger charge is 2.35. The number of ether oxygens (including phenoxy) is 2. The molecular weight excluding hydrogens is 632 g/mol. The summed E-state index contributed by atoms with van der Waals surface area (Å²) in [6.07, 6.45) is 0.225. The van der Waals surface area contributed by atoms with Gasteiger partial charge in [0.15, 0.2) is 11.5 Å². The average Bonchev–Trinajstić information content (AvgIpc) is 3.00. The molecule has 1 aliphatic heterocycles. The Morgan fingerprint density at radius 3 is 2.23 bits per heavy atom. The lowest BCUT2D eigenvalue weighted by atomic mass is 10.1. The van der Waals surface area contributed by atoms with E-state index in [9.17, 15) is 22.4 Å². The van der Waals surface area contributed by atoms with Crippen LogP contribution in [0, 0.1) is 11.7 Å². The lowest BCUT2D eigenvalue weighted by Crippen LogP contribution is -2.52. The molecule has 0 saturated heterocycles. The van der Waals surface area contributed by atoms with Crippen molar-refractivity contribution < 1.29 is 31.9 Å². The number of hydrogen-bond donors (Lipinski definition) is 1. The van der Waals surface area contributed by atoms with Gasteiger partial charge in [0.1, 0.15) is 31.6 Å². The second-order valence-electron chi connectivity index (χ2n) is 10.6. The zero-order valence-electron chi connectivity index (χ0n) is 24.6. The van der Waals surface area contributed by atoms with Gasteiger partial charge in [0.2, 0.25) is 11.8 Å². The molecule has 1 heterocycles. The van der Waals surface area contributed by atoms with Gasteiger partial charge >= 0.3 is 0 Å². The van der Waals surface area contributed by atoms with Crippen molar-refractivity contribution in [3.63, 3.8) is 0 Å². The van der Waals surface area contributed by atoms with E-state index < -0.39 is 40.2 Å². The molecule has 0 spiro atoms. The van der Waals surface area contributed by atoms with Crippen molar-refractivity contribution in [2.24, 2.45) is 5.92 Å². The second kappa shape index (κ2) is 14.5. The maximum Gasteiger partial charge on any atom is 0.264 e. The summed E-state index contributed by atoms with van der Waals surface area (Å²) in [7, 11) is -4.42. The molecule has 1 N–H and O–H groups in total. The zero-order chi connectivity index (χ0) is 32.0. The number of nitrogens with one attached hydrogen (secondary N) is 1. The van der Waals surface area contributed by atoms with Crippen molar-refractivity contribution in [2.45, 2.75) is 44.7 Å². The van der Waals surface area contributed by atoms with Crippen LogP contribution in [0.3, 0.4) is 0 Å². The Morgan fingerprint density at radius 2 is 1.61 bits per heavy atom. The first-order valence-corrected chi connectivity index (χ1v) is 16.3. The molecule has 13 heteroatoms. The number of nitrogens with zero attached hydrogens (tertiary/aromatic N) is 2. The van der Waals surface area contributed by atoms with Crippen LogP contribution in [0.2, 0.25) is 10.0 Å². The van der Waals surface area contributed by atoms with Crippen molar-refractivity contribution in [1.29, 1.82) is 0 Å². The van der Waals surface area contributed by atoms with Gasteiger partial charge in [-0.25, -0.2) is 12.8 Å². The Hall–Kier alpha value is -3.54. The van der Waals surface area contributed by atoms with Crippen LogP contribution in [-0.4, -0.2) is 57.5 Å². The van der Waals surface area contributed by atoms with Crippen molar-refractivity contribution in [3.8, 4) is 11.5 Å². The van der Waals surface area contributed by atoms with E-state index in [1.807, 2.05) is 13.8 Å². The third-order valence-electron chi connectivity index (χ3n) is 6.96. The van der Waals surface area contributed by atoms with Crippen LogP contribution >= 0.6 is 23.2 Å². The van der Waals surface area contributed by atoms with Gasteiger partial charge in [0.25, 0.3) is 10.0 Å². The first-order valence-electron chi connectivity index (χ1n) is 14.1. The summed E-state index contributed by atoms with van der Waals surface area (Å²) in [5.41, 5.74) is 0.449. The molecule has 3 aromatic rings. The van der Waals surface area contributed by atoms with Crippen LogP contribution in [0.5, 0.6) is 11.5 Å². The molecule has 44 heavy (non-hydrogen) atoms. The number of rotatable bonds is 12. The molecule has 1 atom stereocenters. The quantitative estimate of drug-likeness (QED) is 0.267. The van der Waals surface area contributed by atoms with Crippen LogP contribution in [0.4, 0.5) is 10.1 Å². The first-order chi connectivity index (χ1) is 20.9. The Kier molecular flexibility index (Phi) is 11.0. The van der Waals surface area contributed by atoms with E-state index in [1.54, 1.807) is 25.1 Å². The number of fused-ring (bicyclic) bond motifs is 1. The Bertz CT molecular complexity index is 1580. The van der Waals surface area contributed by atoms with Gasteiger partial charge in [0, 0.05) is 34.8 Å². The fraction of sp³-hybridized carbons (Fsp3) is 0.355. The van der Waals surface area contributed by atoms with E-state index in [0.717, 1.165) is 16.4 Å². The van der Waals surface area contributed by atoms with E-state index in [0.29, 0.717) is 24.5 Å². The summed E-state index contributed by atoms with van der Waals surface area (Å²) >= 11 is 12.9. The summed E-state index contributed by atoms with van der Waals surface area (Å²) in [4.78, 5) is 28.7. The topological polar surface area (TPSA) is 105 Å². The maximum atomic E-state index is 14.2. The zero-order valence-corrected chi connectivity index (χ0v) is 26.9. The fourth-order valence-corrected chi connectivity index (χ4v) is 6.59. The Morgan fingerprint density at radius 1 is 0.977 bits per heavy atom. The van der Waals surface area contributed by atoms with E-state index in [1.165, 1.54) is 35.2 Å². The lowest BCUT2D eigenvalue weighted by Gasteiger charge is -2.33. The van der Waals surface area contributed by atoms with Gasteiger partial charge in [-0.3, -0.25) is 13.9 Å². The summed E-state index contributed by atoms with van der Waals surface area (Å²) in [5.74, 6) is -0.895. The monoisotopic (exact) mass is 665 g/mol. The van der Waals surface area contributed by atoms with Crippen LogP contribution in [-0.2, 0) is 26.2 Å². The molecule has 0 aliphatic carbocycles. The maximum absolute atomic E-state index is 14.2. The number of hydrogen-bond acceptors (Lipinski definition) is 6. The summed E-state index contributed by atoms with van der Waals surface area (Å²) in [6.45, 7) is 5.71. The van der Waals surface area contributed by atoms with Gasteiger partial charge in [-0.2, -0.15) is 0 Å². The SMILES string of the molecule is CC[C@H](C(=O)NCC(C)C)N(Cc1c(Cl)cccc1Cl)C(=O)CN(c1ccc(F)cc1)S(=O)(=O)c1ccc2c(c1)OCCO2. The minimum Gasteiger partial charge on any atom is -0.486 e. The van der Waals surface area contributed by atoms with Gasteiger partial charge in [-0.1, -0.05) is 50.0 Å². The van der Waals surface area contributed by atoms with Crippen LogP contribution < -0.4 is 19.1 Å². The molecule has 0 bridgehead atoms. The number of anilines is 1. The average molecular weight is 667 g/mol. The third-order valence-corrected chi connectivity index (χ3v) is 9.43. The number of halogens is 3. The van der Waals surface area contributed by atoms with Crippen LogP contribution in [0.1, 0.15) is 32.8 Å². The molecule has 3 aromatic carbocycles. The fourth-order valence-electron chi connectivity index (χ4n) is 4.64. The molecule has 0 saturated carbocycles. The van der Waals surface area contributed by atoms with Gasteiger partial charge in [0.05, 0.1) is 10.6 Å². The van der Waals surface area contributed by atoms with Crippen molar-refractivity contribution in [3.05, 3.63) is 82.1 Å². The van der Waals surface area contributed by atoms with Crippen LogP contribution in [0.25, 0.3) is 0 Å². The van der Waals surface area contributed by atoms with E-state index >= 15 is 0 Å². The largest absolute Gasteiger partial charge is 0.486 e. The lowest BCUT2D eigenvalue weighted by molar-refractivity contribution is -0.140. The molecule has 1 aliphatic rings. The van der Waals surface area contributed by atoms with Gasteiger partial charge in [-0.15, -0.1) is 0 Å². The molecule has 0 radical (unpaired) electrons. The highest BCUT2D eigenvalue weighted by Crippen LogP contribution is 2.35. The Labute approximate surface area is 266 Å². The number of sulfonamides is 1. The van der Waals surface area contributed by atoms with Crippen LogP contribution in [0.15, 0.2) is 65.6 Å². The van der Waals surface area contributed by atoms with Gasteiger partial charge < -0.3 is 19.7 Å². The number of carbonyl (C=O) groups is 2. The number of amides is 2. The molecular formula is C31H34Cl2FN3O6S. The molecule has 2 amide bonds. The summed E-state index contributed by atoms with van der Waals surface area (Å²) in [6, 6.07) is 12.8. The molecule has 236 valence electrons. The molecule has 4 rings (SSSR count). The van der Waals surface area contributed by atoms with Gasteiger partial charge in [-0.05, 0) is 60.9 Å². The predicted octanol–water partition coefficient (Wildman–Crippen LogP) is 5.68. The predicted molar refractivity (Wildman–Crippen MR) is 167 cm³/mol. The highest BCUT2D eigenvalue weighted by molar-refractivity contribution is 7.92. The number of benzene rings is 3. The standard InChI is InChI=1S/C31H34Cl2FN3O6S/c1-4-27(31(39)35-17-20(2)3)36(18-24-25(32)6-5-7-26(24)33)30(38)19-37(22-10-8-21(34)9-11-22)44(40,41)23-12-13-28-29(16-23)43-15-14-42-28/h5-13,16,20,27H,4,14-15,17-19H2,1-3H3,(H,35,39)/t27-/m1/s1. The third kappa shape index (κ3) is 7.75. The summed E-state index contributed by atoms with van der Waals surface area (Å²) in [5, 5.41) is 3.43. The second-order valence-corrected chi connectivity index (χ2v) is 13.3. The minimum atomic E-state index is -4.42. The van der Waals surface area contributed by atoms with E-state index in [2.05, 4.69) is 5.32 Å². The molecule has 0 aromatic heterocycles. The molecule has 0 fully saturated rings. The van der Waals surface area contributed by atoms with Crippen molar-refractivity contribution >= 4 is 50.7 Å². The number of carbonyl (C=O) groups excluding carboxylic acids is 2. The Balaban J connectivity index is 1.76. The normalized spacial score (nSPS) is 13.3. The van der Waals surface area contributed by atoms with E-state index in [4.69, 9.17) is 32.7 Å². The molecule has 0 unspecified atom stereocenters. The van der Waals surface area contributed by atoms with Crippen molar-refractivity contribution in [2.75, 3.05) is 30.6 Å². The highest BCUT2D eigenvalue weighted by atomic mass is 35.5. The first kappa shape index (κ1) is 33.4. The molecule has 9 nitrogen and oxygen atoms in total. The van der Waals surface area contributed by atoms with Crippen molar-refractivity contribution in [1.82, 2.24) is 10.2 Å². The summed E-state index contributed by atoms with van der Waals surface area (Å²) < 4.78 is 54.1. The van der Waals surface area contributed by atoms with E-state index in [-0.39, 0.29) is 51.9 Å². The minimum absolute atomic E-state index is 0.0441.